The van der Waals surface area contributed by atoms with Gasteiger partial charge in [0.15, 0.2) is 11.5 Å². The van der Waals surface area contributed by atoms with Gasteiger partial charge in [-0.15, -0.1) is 0 Å². The summed E-state index contributed by atoms with van der Waals surface area (Å²) >= 11 is 0. The number of pyridine rings is 1. The SMILES string of the molecule is COc1cc(C(=O)Nc2ccc(N)nc2)ccc1OCCC(C)C. The number of carbonyl (C=O) groups excluding carboxylic acids is 1. The fourth-order valence-corrected chi connectivity index (χ4v) is 2.02. The van der Waals surface area contributed by atoms with Crippen molar-refractivity contribution in [2.75, 3.05) is 24.8 Å². The number of nitrogens with one attached hydrogen (secondary N) is 1. The van der Waals surface area contributed by atoms with Crippen molar-refractivity contribution in [1.29, 1.82) is 0 Å². The normalized spacial score (nSPS) is 10.5. The monoisotopic (exact) mass is 329 g/mol. The number of carbonyl (C=O) groups is 1. The van der Waals surface area contributed by atoms with Crippen LogP contribution in [-0.4, -0.2) is 24.6 Å². The number of hydrogen-bond acceptors (Lipinski definition) is 5. The Morgan fingerprint density at radius 3 is 2.67 bits per heavy atom. The van der Waals surface area contributed by atoms with Crippen molar-refractivity contribution in [3.05, 3.63) is 42.1 Å². The third-order valence-corrected chi connectivity index (χ3v) is 3.42. The number of aromatic nitrogens is 1. The summed E-state index contributed by atoms with van der Waals surface area (Å²) in [5.41, 5.74) is 6.57. The van der Waals surface area contributed by atoms with E-state index in [1.165, 1.54) is 6.20 Å². The molecule has 0 spiro atoms. The molecule has 2 rings (SSSR count). The van der Waals surface area contributed by atoms with Crippen molar-refractivity contribution in [1.82, 2.24) is 4.98 Å². The van der Waals surface area contributed by atoms with Gasteiger partial charge in [0.05, 0.1) is 25.6 Å². The largest absolute Gasteiger partial charge is 0.493 e. The van der Waals surface area contributed by atoms with Gasteiger partial charge in [-0.25, -0.2) is 4.98 Å². The second kappa shape index (κ2) is 8.19. The van der Waals surface area contributed by atoms with Gasteiger partial charge < -0.3 is 20.5 Å². The molecule has 0 fully saturated rings. The summed E-state index contributed by atoms with van der Waals surface area (Å²) in [7, 11) is 1.55. The van der Waals surface area contributed by atoms with Crippen LogP contribution in [-0.2, 0) is 0 Å². The highest BCUT2D eigenvalue weighted by Crippen LogP contribution is 2.28. The van der Waals surface area contributed by atoms with Gasteiger partial charge in [0.25, 0.3) is 5.91 Å². The van der Waals surface area contributed by atoms with E-state index in [0.717, 1.165) is 6.42 Å². The van der Waals surface area contributed by atoms with Crippen LogP contribution in [0.1, 0.15) is 30.6 Å². The van der Waals surface area contributed by atoms with Gasteiger partial charge in [0, 0.05) is 5.56 Å². The van der Waals surface area contributed by atoms with Crippen molar-refractivity contribution < 1.29 is 14.3 Å². The van der Waals surface area contributed by atoms with Crippen LogP contribution < -0.4 is 20.5 Å². The Bertz CT molecular complexity index is 684. The zero-order valence-corrected chi connectivity index (χ0v) is 14.2. The van der Waals surface area contributed by atoms with Gasteiger partial charge >= 0.3 is 0 Å². The third kappa shape index (κ3) is 4.87. The molecule has 1 aromatic carbocycles. The molecule has 0 atom stereocenters. The number of amides is 1. The third-order valence-electron chi connectivity index (χ3n) is 3.42. The average molecular weight is 329 g/mol. The second-order valence-corrected chi connectivity index (χ2v) is 5.82. The highest BCUT2D eigenvalue weighted by Gasteiger charge is 2.12. The van der Waals surface area contributed by atoms with Crippen LogP contribution in [0.3, 0.4) is 0 Å². The summed E-state index contributed by atoms with van der Waals surface area (Å²) in [5.74, 6) is 1.87. The van der Waals surface area contributed by atoms with E-state index in [1.807, 2.05) is 0 Å². The quantitative estimate of drug-likeness (QED) is 0.813. The summed E-state index contributed by atoms with van der Waals surface area (Å²) in [6.07, 6.45) is 2.46. The zero-order chi connectivity index (χ0) is 17.5. The Hall–Kier alpha value is -2.76. The Labute approximate surface area is 142 Å². The van der Waals surface area contributed by atoms with E-state index in [4.69, 9.17) is 15.2 Å². The number of nitrogens with zero attached hydrogens (tertiary/aromatic N) is 1. The van der Waals surface area contributed by atoms with Crippen molar-refractivity contribution in [2.45, 2.75) is 20.3 Å². The van der Waals surface area contributed by atoms with Crippen LogP contribution in [0, 0.1) is 5.92 Å². The molecule has 0 radical (unpaired) electrons. The molecule has 1 heterocycles. The fourth-order valence-electron chi connectivity index (χ4n) is 2.02. The molecule has 3 N–H and O–H groups in total. The molecule has 0 saturated heterocycles. The summed E-state index contributed by atoms with van der Waals surface area (Å²) < 4.78 is 11.1. The summed E-state index contributed by atoms with van der Waals surface area (Å²) in [5, 5.41) is 2.76. The molecule has 2 aromatic rings. The number of nitrogen functional groups attached to an aromatic ring is 1. The topological polar surface area (TPSA) is 86.5 Å². The molecule has 24 heavy (non-hydrogen) atoms. The standard InChI is InChI=1S/C18H23N3O3/c1-12(2)8-9-24-15-6-4-13(10-16(15)23-3)18(22)21-14-5-7-17(19)20-11-14/h4-7,10-12H,8-9H2,1-3H3,(H2,19,20)(H,21,22). The summed E-state index contributed by atoms with van der Waals surface area (Å²) in [6.45, 7) is 4.89. The van der Waals surface area contributed by atoms with E-state index in [0.29, 0.717) is 41.1 Å². The first-order chi connectivity index (χ1) is 11.5. The smallest absolute Gasteiger partial charge is 0.255 e. The van der Waals surface area contributed by atoms with Crippen LogP contribution in [0.25, 0.3) is 0 Å². The molecule has 0 aliphatic rings. The lowest BCUT2D eigenvalue weighted by atomic mass is 10.1. The van der Waals surface area contributed by atoms with E-state index in [1.54, 1.807) is 37.4 Å². The molecule has 0 saturated carbocycles. The molecule has 6 nitrogen and oxygen atoms in total. The van der Waals surface area contributed by atoms with Crippen LogP contribution in [0.15, 0.2) is 36.5 Å². The number of benzene rings is 1. The van der Waals surface area contributed by atoms with Crippen molar-refractivity contribution in [2.24, 2.45) is 5.92 Å². The van der Waals surface area contributed by atoms with Crippen LogP contribution in [0.5, 0.6) is 11.5 Å². The Morgan fingerprint density at radius 2 is 2.04 bits per heavy atom. The molecule has 1 aromatic heterocycles. The van der Waals surface area contributed by atoms with E-state index < -0.39 is 0 Å². The number of anilines is 2. The second-order valence-electron chi connectivity index (χ2n) is 5.82. The molecule has 128 valence electrons. The number of methoxy groups -OCH3 is 1. The molecule has 0 unspecified atom stereocenters. The predicted molar refractivity (Wildman–Crippen MR) is 94.5 cm³/mol. The molecule has 1 amide bonds. The lowest BCUT2D eigenvalue weighted by molar-refractivity contribution is 0.102. The first-order valence-electron chi connectivity index (χ1n) is 7.83. The molecule has 0 bridgehead atoms. The summed E-state index contributed by atoms with van der Waals surface area (Å²) in [4.78, 5) is 16.3. The lowest BCUT2D eigenvalue weighted by Crippen LogP contribution is -2.12. The van der Waals surface area contributed by atoms with Crippen molar-refractivity contribution >= 4 is 17.4 Å². The van der Waals surface area contributed by atoms with Crippen molar-refractivity contribution in [3.8, 4) is 11.5 Å². The Balaban J connectivity index is 2.07. The number of hydrogen-bond donors (Lipinski definition) is 2. The number of nitrogens with two attached hydrogens (primary N) is 1. The van der Waals surface area contributed by atoms with Gasteiger partial charge in [-0.2, -0.15) is 0 Å². The molecule has 0 aliphatic carbocycles. The minimum Gasteiger partial charge on any atom is -0.493 e. The molecular weight excluding hydrogens is 306 g/mol. The number of ether oxygens (including phenoxy) is 2. The highest BCUT2D eigenvalue weighted by molar-refractivity contribution is 6.04. The van der Waals surface area contributed by atoms with Gasteiger partial charge in [-0.05, 0) is 42.7 Å². The minimum absolute atomic E-state index is 0.256. The predicted octanol–water partition coefficient (Wildman–Crippen LogP) is 3.35. The molecule has 6 heteroatoms. The van der Waals surface area contributed by atoms with Gasteiger partial charge in [-0.1, -0.05) is 13.8 Å². The first kappa shape index (κ1) is 17.6. The van der Waals surface area contributed by atoms with Gasteiger partial charge in [0.1, 0.15) is 5.82 Å². The molecular formula is C18H23N3O3. The van der Waals surface area contributed by atoms with E-state index in [9.17, 15) is 4.79 Å². The van der Waals surface area contributed by atoms with E-state index >= 15 is 0 Å². The van der Waals surface area contributed by atoms with Crippen LogP contribution >= 0.6 is 0 Å². The molecule has 0 aliphatic heterocycles. The van der Waals surface area contributed by atoms with Crippen LogP contribution in [0.4, 0.5) is 11.5 Å². The van der Waals surface area contributed by atoms with Gasteiger partial charge in [0.2, 0.25) is 0 Å². The average Bonchev–Trinajstić information content (AvgIpc) is 2.56. The first-order valence-corrected chi connectivity index (χ1v) is 7.83. The van der Waals surface area contributed by atoms with Crippen LogP contribution in [0.2, 0.25) is 0 Å². The Kier molecular flexibility index (Phi) is 6.01. The highest BCUT2D eigenvalue weighted by atomic mass is 16.5. The van der Waals surface area contributed by atoms with E-state index in [2.05, 4.69) is 24.1 Å². The number of rotatable bonds is 7. The maximum Gasteiger partial charge on any atom is 0.255 e. The maximum absolute atomic E-state index is 12.3. The maximum atomic E-state index is 12.3. The fraction of sp³-hybridized carbons (Fsp3) is 0.333. The van der Waals surface area contributed by atoms with Crippen molar-refractivity contribution in [3.63, 3.8) is 0 Å². The lowest BCUT2D eigenvalue weighted by Gasteiger charge is -2.13. The summed E-state index contributed by atoms with van der Waals surface area (Å²) in [6, 6.07) is 8.43. The minimum atomic E-state index is -0.256. The van der Waals surface area contributed by atoms with Gasteiger partial charge in [-0.3, -0.25) is 4.79 Å². The Morgan fingerprint density at radius 1 is 1.25 bits per heavy atom. The zero-order valence-electron chi connectivity index (χ0n) is 14.2. The van der Waals surface area contributed by atoms with E-state index in [-0.39, 0.29) is 5.91 Å².